The predicted molar refractivity (Wildman–Crippen MR) is 69.2 cm³/mol. The van der Waals surface area contributed by atoms with E-state index in [2.05, 4.69) is 0 Å². The van der Waals surface area contributed by atoms with E-state index in [-0.39, 0.29) is 27.9 Å². The third-order valence-electron chi connectivity index (χ3n) is 2.75. The third-order valence-corrected chi connectivity index (χ3v) is 3.37. The fourth-order valence-electron chi connectivity index (χ4n) is 1.97. The van der Waals surface area contributed by atoms with Crippen molar-refractivity contribution in [2.45, 2.75) is 24.4 Å². The quantitative estimate of drug-likeness (QED) is 0.677. The molecule has 3 fully saturated rings. The SMILES string of the molecule is S=C1O[C@H]([C@@H]2COC(=S)O2)[C@@H]([C@H]2COC(=S)O2)O1. The van der Waals surface area contributed by atoms with E-state index in [9.17, 15) is 0 Å². The van der Waals surface area contributed by atoms with Crippen LogP contribution in [0.2, 0.25) is 0 Å². The second-order valence-corrected chi connectivity index (χ2v) is 4.85. The summed E-state index contributed by atoms with van der Waals surface area (Å²) in [5.41, 5.74) is 0. The molecule has 9 heteroatoms. The first-order chi connectivity index (χ1) is 8.63. The maximum Gasteiger partial charge on any atom is 0.353 e. The normalized spacial score (nSPS) is 38.3. The molecule has 3 aliphatic heterocycles. The molecule has 0 amide bonds. The van der Waals surface area contributed by atoms with Crippen LogP contribution in [-0.4, -0.2) is 53.3 Å². The Hall–Kier alpha value is -0.930. The zero-order chi connectivity index (χ0) is 12.7. The molecule has 0 N–H and O–H groups in total. The molecule has 3 saturated heterocycles. The van der Waals surface area contributed by atoms with Crippen molar-refractivity contribution in [3.63, 3.8) is 0 Å². The van der Waals surface area contributed by atoms with Crippen LogP contribution in [0.25, 0.3) is 0 Å². The Bertz CT molecular complexity index is 377. The highest BCUT2D eigenvalue weighted by Crippen LogP contribution is 2.29. The molecule has 0 aromatic carbocycles. The van der Waals surface area contributed by atoms with Gasteiger partial charge < -0.3 is 28.4 Å². The highest BCUT2D eigenvalue weighted by Gasteiger charge is 2.51. The third kappa shape index (κ3) is 2.17. The monoisotopic (exact) mass is 308 g/mol. The first kappa shape index (κ1) is 12.1. The van der Waals surface area contributed by atoms with Gasteiger partial charge in [-0.05, 0) is 0 Å². The van der Waals surface area contributed by atoms with E-state index < -0.39 is 12.2 Å². The van der Waals surface area contributed by atoms with Crippen molar-refractivity contribution >= 4 is 52.4 Å². The van der Waals surface area contributed by atoms with Crippen LogP contribution in [-0.2, 0) is 28.4 Å². The standard InChI is InChI=1S/C9H8O6S3/c16-7-10-1-3(12-7)5-6(15-9(18)14-5)4-2-11-8(17)13-4/h3-6H,1-2H2/t3-,4+,5-,6-/m1/s1. The second kappa shape index (κ2) is 4.63. The van der Waals surface area contributed by atoms with Crippen molar-refractivity contribution in [2.24, 2.45) is 0 Å². The van der Waals surface area contributed by atoms with Crippen molar-refractivity contribution in [3.05, 3.63) is 0 Å². The van der Waals surface area contributed by atoms with Crippen LogP contribution in [0.5, 0.6) is 0 Å². The summed E-state index contributed by atoms with van der Waals surface area (Å²) >= 11 is 14.5. The molecule has 0 radical (unpaired) electrons. The van der Waals surface area contributed by atoms with Gasteiger partial charge in [0.1, 0.15) is 13.2 Å². The van der Waals surface area contributed by atoms with Gasteiger partial charge in [-0.1, -0.05) is 0 Å². The fraction of sp³-hybridized carbons (Fsp3) is 0.667. The molecule has 0 bridgehead atoms. The lowest BCUT2D eigenvalue weighted by Crippen LogP contribution is -2.44. The molecule has 0 unspecified atom stereocenters. The number of ether oxygens (including phenoxy) is 6. The molecular formula is C9H8O6S3. The number of hydrogen-bond acceptors (Lipinski definition) is 9. The van der Waals surface area contributed by atoms with Gasteiger partial charge >= 0.3 is 15.7 Å². The Balaban J connectivity index is 1.73. The molecular weight excluding hydrogens is 300 g/mol. The van der Waals surface area contributed by atoms with Gasteiger partial charge in [0.25, 0.3) is 0 Å². The Morgan fingerprint density at radius 3 is 1.44 bits per heavy atom. The van der Waals surface area contributed by atoms with Crippen LogP contribution >= 0.6 is 36.7 Å². The smallest absolute Gasteiger partial charge is 0.353 e. The molecule has 0 spiro atoms. The molecule has 3 aliphatic rings. The van der Waals surface area contributed by atoms with Crippen LogP contribution in [0, 0.1) is 0 Å². The van der Waals surface area contributed by atoms with Gasteiger partial charge in [0.2, 0.25) is 0 Å². The van der Waals surface area contributed by atoms with Gasteiger partial charge in [-0.25, -0.2) is 0 Å². The van der Waals surface area contributed by atoms with Crippen molar-refractivity contribution in [1.29, 1.82) is 0 Å². The van der Waals surface area contributed by atoms with Gasteiger partial charge in [-0.15, -0.1) is 0 Å². The molecule has 98 valence electrons. The van der Waals surface area contributed by atoms with Crippen LogP contribution < -0.4 is 0 Å². The number of thiocarbonyl (C=S) groups is 3. The average Bonchev–Trinajstić information content (AvgIpc) is 2.98. The Morgan fingerprint density at radius 1 is 0.667 bits per heavy atom. The summed E-state index contributed by atoms with van der Waals surface area (Å²) in [7, 11) is 0. The first-order valence-electron chi connectivity index (χ1n) is 5.17. The second-order valence-electron chi connectivity index (χ2n) is 3.85. The van der Waals surface area contributed by atoms with Crippen molar-refractivity contribution in [3.8, 4) is 0 Å². The van der Waals surface area contributed by atoms with E-state index in [1.807, 2.05) is 0 Å². The molecule has 0 aliphatic carbocycles. The molecule has 18 heavy (non-hydrogen) atoms. The lowest BCUT2D eigenvalue weighted by atomic mass is 10.0. The van der Waals surface area contributed by atoms with Gasteiger partial charge in [0, 0.05) is 36.7 Å². The topological polar surface area (TPSA) is 55.4 Å². The summed E-state index contributed by atoms with van der Waals surface area (Å²) in [6, 6.07) is 0. The van der Waals surface area contributed by atoms with Crippen molar-refractivity contribution in [2.75, 3.05) is 13.2 Å². The van der Waals surface area contributed by atoms with E-state index in [4.69, 9.17) is 65.1 Å². The maximum absolute atomic E-state index is 5.42. The summed E-state index contributed by atoms with van der Waals surface area (Å²) < 4.78 is 31.6. The summed E-state index contributed by atoms with van der Waals surface area (Å²) in [5.74, 6) is 0. The van der Waals surface area contributed by atoms with Gasteiger partial charge in [-0.3, -0.25) is 0 Å². The lowest BCUT2D eigenvalue weighted by Gasteiger charge is -2.21. The molecule has 3 heterocycles. The van der Waals surface area contributed by atoms with Gasteiger partial charge in [-0.2, -0.15) is 0 Å². The van der Waals surface area contributed by atoms with Crippen LogP contribution in [0.1, 0.15) is 0 Å². The van der Waals surface area contributed by atoms with E-state index in [1.54, 1.807) is 0 Å². The minimum atomic E-state index is -0.451. The van der Waals surface area contributed by atoms with E-state index in [0.29, 0.717) is 13.2 Å². The fourth-order valence-corrected chi connectivity index (χ4v) is 2.57. The summed E-state index contributed by atoms with van der Waals surface area (Å²) in [5, 5.41) is 0.242. The first-order valence-corrected chi connectivity index (χ1v) is 6.40. The minimum Gasteiger partial charge on any atom is -0.453 e. The van der Waals surface area contributed by atoms with E-state index in [1.165, 1.54) is 0 Å². The van der Waals surface area contributed by atoms with E-state index >= 15 is 0 Å². The van der Waals surface area contributed by atoms with Gasteiger partial charge in [0.05, 0.1) is 0 Å². The highest BCUT2D eigenvalue weighted by molar-refractivity contribution is 7.80. The summed E-state index contributed by atoms with van der Waals surface area (Å²) in [6.07, 6.45) is -1.65. The molecule has 0 saturated carbocycles. The van der Waals surface area contributed by atoms with E-state index in [0.717, 1.165) is 0 Å². The van der Waals surface area contributed by atoms with Crippen LogP contribution in [0.15, 0.2) is 0 Å². The Morgan fingerprint density at radius 2 is 1.11 bits per heavy atom. The molecule has 0 aromatic heterocycles. The zero-order valence-corrected chi connectivity index (χ0v) is 11.3. The van der Waals surface area contributed by atoms with Crippen LogP contribution in [0.4, 0.5) is 0 Å². The van der Waals surface area contributed by atoms with Crippen molar-refractivity contribution in [1.82, 2.24) is 0 Å². The predicted octanol–water partition coefficient (Wildman–Crippen LogP) is 0.456. The highest BCUT2D eigenvalue weighted by atomic mass is 32.1. The summed E-state index contributed by atoms with van der Waals surface area (Å²) in [4.78, 5) is 0. The Labute approximate surface area is 118 Å². The number of hydrogen-bond donors (Lipinski definition) is 0. The lowest BCUT2D eigenvalue weighted by molar-refractivity contribution is -0.00645. The maximum atomic E-state index is 5.42. The van der Waals surface area contributed by atoms with Gasteiger partial charge in [0.15, 0.2) is 24.4 Å². The zero-order valence-electron chi connectivity index (χ0n) is 8.90. The molecule has 4 atom stereocenters. The Kier molecular flexibility index (Phi) is 3.12. The van der Waals surface area contributed by atoms with Crippen molar-refractivity contribution < 1.29 is 28.4 Å². The molecule has 6 nitrogen and oxygen atoms in total. The molecule has 0 aromatic rings. The summed E-state index contributed by atoms with van der Waals surface area (Å²) in [6.45, 7) is 0.591. The molecule has 3 rings (SSSR count). The largest absolute Gasteiger partial charge is 0.453 e. The minimum absolute atomic E-state index is 0.0489. The average molecular weight is 308 g/mol. The van der Waals surface area contributed by atoms with Crippen LogP contribution in [0.3, 0.4) is 0 Å². The number of rotatable bonds is 2.